The van der Waals surface area contributed by atoms with Crippen LogP contribution in [-0.2, 0) is 9.59 Å². The van der Waals surface area contributed by atoms with E-state index in [1.54, 1.807) is 20.8 Å². The van der Waals surface area contributed by atoms with Crippen molar-refractivity contribution < 1.29 is 19.8 Å². The van der Waals surface area contributed by atoms with E-state index >= 15 is 0 Å². The molecule has 0 aromatic carbocycles. The van der Waals surface area contributed by atoms with E-state index in [9.17, 15) is 0 Å². The predicted molar refractivity (Wildman–Crippen MR) is 81.0 cm³/mol. The Bertz CT molecular complexity index is 168. The van der Waals surface area contributed by atoms with Crippen LogP contribution < -0.4 is 0 Å². The Hall–Kier alpha value is -0.138. The van der Waals surface area contributed by atoms with Gasteiger partial charge in [0.05, 0.1) is 0 Å². The number of aliphatic carboxylic acids is 2. The molecule has 0 bridgehead atoms. The van der Waals surface area contributed by atoms with Crippen LogP contribution in [0.4, 0.5) is 0 Å². The monoisotopic (exact) mass is 470 g/mol. The molecule has 0 aromatic rings. The summed E-state index contributed by atoms with van der Waals surface area (Å²) in [5, 5.41) is 14.8. The van der Waals surface area contributed by atoms with E-state index in [2.05, 4.69) is 13.8 Å². The Balaban J connectivity index is -0.000000264. The first-order valence-corrected chi connectivity index (χ1v) is 12.5. The third-order valence-electron chi connectivity index (χ3n) is 1.91. The van der Waals surface area contributed by atoms with Gasteiger partial charge in [-0.15, -0.1) is 0 Å². The molecule has 0 amide bonds. The zero-order valence-corrected chi connectivity index (χ0v) is 16.8. The van der Waals surface area contributed by atoms with Crippen molar-refractivity contribution >= 4 is 36.2 Å². The fourth-order valence-corrected chi connectivity index (χ4v) is 5.98. The SMILES string of the molecule is CC(=O)O.CC(=O)O.CCCC[CH2][Pb][CH2]CCCC. The Morgan fingerprint density at radius 1 is 0.789 bits per heavy atom. The van der Waals surface area contributed by atoms with Crippen LogP contribution in [0.25, 0.3) is 0 Å². The normalized spacial score (nSPS) is 8.63. The summed E-state index contributed by atoms with van der Waals surface area (Å²) in [6, 6.07) is 0. The van der Waals surface area contributed by atoms with Gasteiger partial charge in [0.1, 0.15) is 0 Å². The maximum absolute atomic E-state index is 9.00. The Kier molecular flexibility index (Phi) is 28.9. The topological polar surface area (TPSA) is 74.6 Å². The van der Waals surface area contributed by atoms with Gasteiger partial charge in [0.15, 0.2) is 0 Å². The average molecular weight is 470 g/mol. The van der Waals surface area contributed by atoms with Gasteiger partial charge in [-0.2, -0.15) is 0 Å². The van der Waals surface area contributed by atoms with Gasteiger partial charge in [0.25, 0.3) is 11.9 Å². The molecule has 0 aliphatic carbocycles. The van der Waals surface area contributed by atoms with Crippen LogP contribution in [0.2, 0.25) is 7.96 Å². The van der Waals surface area contributed by atoms with Crippen molar-refractivity contribution in [1.82, 2.24) is 0 Å². The predicted octanol–water partition coefficient (Wildman–Crippen LogP) is 4.09. The molecule has 5 heteroatoms. The first kappa shape index (κ1) is 23.9. The van der Waals surface area contributed by atoms with E-state index in [0.717, 1.165) is 13.8 Å². The zero-order chi connectivity index (χ0) is 15.5. The molecular formula is C14H30O4Pb. The summed E-state index contributed by atoms with van der Waals surface area (Å²) in [5.41, 5.74) is 0. The van der Waals surface area contributed by atoms with Gasteiger partial charge in [-0.1, -0.05) is 0 Å². The van der Waals surface area contributed by atoms with Crippen LogP contribution >= 0.6 is 0 Å². The van der Waals surface area contributed by atoms with Crippen LogP contribution in [0, 0.1) is 0 Å². The van der Waals surface area contributed by atoms with Crippen LogP contribution in [0.1, 0.15) is 66.2 Å². The number of carboxylic acids is 2. The third-order valence-corrected chi connectivity index (χ3v) is 7.41. The van der Waals surface area contributed by atoms with Gasteiger partial charge in [0, 0.05) is 13.8 Å². The number of unbranched alkanes of at least 4 members (excludes halogenated alkanes) is 4. The van der Waals surface area contributed by atoms with Crippen LogP contribution in [-0.4, -0.2) is 46.4 Å². The summed E-state index contributed by atoms with van der Waals surface area (Å²) in [7, 11) is 0. The fourth-order valence-electron chi connectivity index (χ4n) is 1.12. The summed E-state index contributed by atoms with van der Waals surface area (Å²) in [4.78, 5) is 18.0. The number of carbonyl (C=O) groups is 2. The van der Waals surface area contributed by atoms with E-state index in [-0.39, 0.29) is 24.2 Å². The van der Waals surface area contributed by atoms with Gasteiger partial charge in [-0.25, -0.2) is 0 Å². The summed E-state index contributed by atoms with van der Waals surface area (Å²) in [6.07, 6.45) is 8.87. The first-order chi connectivity index (χ1) is 8.88. The van der Waals surface area contributed by atoms with Crippen molar-refractivity contribution in [3.63, 3.8) is 0 Å². The first-order valence-electron chi connectivity index (χ1n) is 6.98. The molecule has 0 aliphatic rings. The molecule has 0 atom stereocenters. The van der Waals surface area contributed by atoms with Crippen molar-refractivity contribution in [1.29, 1.82) is 0 Å². The molecule has 2 N–H and O–H groups in total. The summed E-state index contributed by atoms with van der Waals surface area (Å²) in [5.74, 6) is -1.67. The van der Waals surface area contributed by atoms with E-state index in [0.29, 0.717) is 0 Å². The molecule has 0 fully saturated rings. The van der Waals surface area contributed by atoms with Crippen molar-refractivity contribution in [3.05, 3.63) is 0 Å². The molecule has 114 valence electrons. The molecule has 2 radical (unpaired) electrons. The van der Waals surface area contributed by atoms with Gasteiger partial charge in [-0.3, -0.25) is 9.59 Å². The molecule has 0 spiro atoms. The molecule has 0 rings (SSSR count). The minimum absolute atomic E-state index is 0.0699. The maximum atomic E-state index is 9.00. The summed E-state index contributed by atoms with van der Waals surface area (Å²) >= 11 is -0.0699. The third kappa shape index (κ3) is 72.7. The van der Waals surface area contributed by atoms with E-state index < -0.39 is 11.9 Å². The standard InChI is InChI=1S/2C5H11.2C2H4O2.Pb/c2*1-3-5-4-2;2*1-2(3)4;/h2*1,3-5H2,2H3;2*1H3,(H,3,4);. The molecule has 0 heterocycles. The van der Waals surface area contributed by atoms with Gasteiger partial charge >= 0.3 is 84.6 Å². The van der Waals surface area contributed by atoms with E-state index in [4.69, 9.17) is 19.8 Å². The van der Waals surface area contributed by atoms with Crippen molar-refractivity contribution in [3.8, 4) is 0 Å². The average Bonchev–Trinajstić information content (AvgIpc) is 2.26. The molecule has 0 aliphatic heterocycles. The molecule has 0 unspecified atom stereocenters. The zero-order valence-electron chi connectivity index (χ0n) is 12.9. The fraction of sp³-hybridized carbons (Fsp3) is 0.857. The minimum atomic E-state index is -0.833. The summed E-state index contributed by atoms with van der Waals surface area (Å²) in [6.45, 7) is 6.76. The number of rotatable bonds is 8. The van der Waals surface area contributed by atoms with Gasteiger partial charge in [-0.05, 0) is 0 Å². The summed E-state index contributed by atoms with van der Waals surface area (Å²) < 4.78 is 3.33. The van der Waals surface area contributed by atoms with Crippen molar-refractivity contribution in [2.24, 2.45) is 0 Å². The number of hydrogen-bond acceptors (Lipinski definition) is 2. The second-order valence-corrected chi connectivity index (χ2v) is 10.0. The Labute approximate surface area is 130 Å². The Morgan fingerprint density at radius 2 is 1.05 bits per heavy atom. The molecular weight excluding hydrogens is 439 g/mol. The molecule has 0 saturated carbocycles. The van der Waals surface area contributed by atoms with Gasteiger partial charge in [0.2, 0.25) is 0 Å². The van der Waals surface area contributed by atoms with Crippen molar-refractivity contribution in [2.75, 3.05) is 0 Å². The van der Waals surface area contributed by atoms with Crippen LogP contribution in [0.15, 0.2) is 0 Å². The van der Waals surface area contributed by atoms with Crippen LogP contribution in [0.5, 0.6) is 0 Å². The molecule has 19 heavy (non-hydrogen) atoms. The molecule has 0 aromatic heterocycles. The second kappa shape index (κ2) is 23.0. The van der Waals surface area contributed by atoms with Gasteiger partial charge < -0.3 is 10.2 Å². The quantitative estimate of drug-likeness (QED) is 0.415. The second-order valence-electron chi connectivity index (χ2n) is 4.20. The van der Waals surface area contributed by atoms with E-state index in [1.807, 2.05) is 0 Å². The number of carboxylic acid groups (broad SMARTS) is 2. The van der Waals surface area contributed by atoms with E-state index in [1.165, 1.54) is 25.7 Å². The Morgan fingerprint density at radius 3 is 1.26 bits per heavy atom. The number of hydrogen-bond donors (Lipinski definition) is 2. The molecule has 0 saturated heterocycles. The molecule has 4 nitrogen and oxygen atoms in total. The van der Waals surface area contributed by atoms with Crippen molar-refractivity contribution in [2.45, 2.75) is 74.2 Å². The van der Waals surface area contributed by atoms with Crippen LogP contribution in [0.3, 0.4) is 0 Å².